The van der Waals surface area contributed by atoms with Gasteiger partial charge in [0, 0.05) is 51.2 Å². The molecule has 1 aromatic carbocycles. The number of piperidine rings is 1. The average molecular weight is 625 g/mol. The first-order valence-electron chi connectivity index (χ1n) is 14.9. The fourth-order valence-corrected chi connectivity index (χ4v) is 5.34. The zero-order valence-electron chi connectivity index (χ0n) is 26.2. The fraction of sp³-hybridized carbons (Fsp3) is 0.455. The van der Waals surface area contributed by atoms with Gasteiger partial charge in [-0.3, -0.25) is 4.98 Å². The summed E-state index contributed by atoms with van der Waals surface area (Å²) in [5, 5.41) is 13.3. The number of benzene rings is 1. The second-order valence-electron chi connectivity index (χ2n) is 12.0. The topological polar surface area (TPSA) is 104 Å². The number of ether oxygens (including phenoxy) is 2. The number of anilines is 1. The van der Waals surface area contributed by atoms with E-state index in [1.54, 1.807) is 13.2 Å². The van der Waals surface area contributed by atoms with Crippen molar-refractivity contribution in [1.29, 1.82) is 5.26 Å². The normalized spacial score (nSPS) is 14.9. The molecule has 0 saturated carbocycles. The monoisotopic (exact) mass is 624 g/mol. The number of alkyl halides is 3. The van der Waals surface area contributed by atoms with Crippen LogP contribution >= 0.6 is 0 Å². The van der Waals surface area contributed by atoms with E-state index in [1.165, 1.54) is 11.0 Å². The van der Waals surface area contributed by atoms with Crippen LogP contribution in [0.3, 0.4) is 0 Å². The molecule has 4 rings (SSSR count). The molecule has 1 amide bonds. The summed E-state index contributed by atoms with van der Waals surface area (Å²) in [5.41, 5.74) is 0.848. The Hall–Kier alpha value is -4.37. The highest BCUT2D eigenvalue weighted by atomic mass is 19.4. The third-order valence-electron chi connectivity index (χ3n) is 7.66. The van der Waals surface area contributed by atoms with E-state index in [9.17, 15) is 23.2 Å². The quantitative estimate of drug-likeness (QED) is 0.292. The Kier molecular flexibility index (Phi) is 10.2. The highest BCUT2D eigenvalue weighted by Crippen LogP contribution is 2.38. The lowest BCUT2D eigenvalue weighted by atomic mass is 9.81. The summed E-state index contributed by atoms with van der Waals surface area (Å²) >= 11 is 0. The van der Waals surface area contributed by atoms with Gasteiger partial charge >= 0.3 is 12.3 Å². The van der Waals surface area contributed by atoms with E-state index in [0.29, 0.717) is 62.9 Å². The van der Waals surface area contributed by atoms with Crippen LogP contribution in [0.2, 0.25) is 0 Å². The van der Waals surface area contributed by atoms with E-state index >= 15 is 0 Å². The number of nitrogens with zero attached hydrogens (tertiary/aromatic N) is 5. The molecule has 0 radical (unpaired) electrons. The van der Waals surface area contributed by atoms with Crippen LogP contribution in [0.5, 0.6) is 5.88 Å². The summed E-state index contributed by atoms with van der Waals surface area (Å²) in [6.07, 6.45) is -0.321. The number of hydrogen-bond donors (Lipinski definition) is 1. The lowest BCUT2D eigenvalue weighted by Gasteiger charge is -2.44. The maximum absolute atomic E-state index is 13.3. The van der Waals surface area contributed by atoms with Gasteiger partial charge in [0.2, 0.25) is 5.88 Å². The van der Waals surface area contributed by atoms with Gasteiger partial charge in [-0.1, -0.05) is 6.07 Å². The third-order valence-corrected chi connectivity index (χ3v) is 7.66. The van der Waals surface area contributed by atoms with Gasteiger partial charge in [0.15, 0.2) is 0 Å². The number of nitrogens with one attached hydrogen (secondary N) is 1. The molecule has 45 heavy (non-hydrogen) atoms. The van der Waals surface area contributed by atoms with E-state index < -0.39 is 29.0 Å². The second-order valence-corrected chi connectivity index (χ2v) is 12.0. The van der Waals surface area contributed by atoms with Crippen LogP contribution in [0, 0.1) is 11.3 Å². The molecule has 1 aliphatic rings. The summed E-state index contributed by atoms with van der Waals surface area (Å²) in [6, 6.07) is 12.9. The molecule has 1 saturated heterocycles. The highest BCUT2D eigenvalue weighted by Gasteiger charge is 2.38. The Morgan fingerprint density at radius 3 is 2.47 bits per heavy atom. The summed E-state index contributed by atoms with van der Waals surface area (Å²) in [6.45, 7) is 9.60. The van der Waals surface area contributed by atoms with Crippen LogP contribution in [0.4, 0.5) is 23.7 Å². The summed E-state index contributed by atoms with van der Waals surface area (Å²) in [5.74, 6) is 0.497. The van der Waals surface area contributed by atoms with Gasteiger partial charge in [-0.15, -0.1) is 0 Å². The maximum atomic E-state index is 13.3. The van der Waals surface area contributed by atoms with Gasteiger partial charge in [0.1, 0.15) is 11.7 Å². The smallest absolute Gasteiger partial charge is 0.416 e. The maximum Gasteiger partial charge on any atom is 0.416 e. The Balaban J connectivity index is 1.58. The molecular weight excluding hydrogens is 585 g/mol. The van der Waals surface area contributed by atoms with Crippen molar-refractivity contribution in [2.24, 2.45) is 0 Å². The number of amides is 1. The van der Waals surface area contributed by atoms with Crippen LogP contribution in [-0.4, -0.2) is 66.4 Å². The first kappa shape index (κ1) is 33.5. The number of nitriles is 1. The van der Waals surface area contributed by atoms with Gasteiger partial charge < -0.3 is 24.6 Å². The minimum absolute atomic E-state index is 0.0168. The molecule has 3 heterocycles. The molecule has 1 aliphatic heterocycles. The van der Waals surface area contributed by atoms with Crippen molar-refractivity contribution in [1.82, 2.24) is 20.2 Å². The van der Waals surface area contributed by atoms with Gasteiger partial charge in [-0.2, -0.15) is 18.4 Å². The summed E-state index contributed by atoms with van der Waals surface area (Å²) in [4.78, 5) is 25.1. The van der Waals surface area contributed by atoms with Crippen molar-refractivity contribution >= 4 is 11.8 Å². The Morgan fingerprint density at radius 2 is 1.87 bits per heavy atom. The van der Waals surface area contributed by atoms with Crippen LogP contribution < -0.4 is 15.0 Å². The van der Waals surface area contributed by atoms with Crippen LogP contribution in [0.25, 0.3) is 11.3 Å². The zero-order valence-corrected chi connectivity index (χ0v) is 26.2. The Morgan fingerprint density at radius 1 is 1.13 bits per heavy atom. The number of carbonyl (C=O) groups excluding carboxylic acids is 1. The van der Waals surface area contributed by atoms with Crippen LogP contribution in [0.15, 0.2) is 54.9 Å². The largest absolute Gasteiger partial charge is 0.477 e. The van der Waals surface area contributed by atoms with Gasteiger partial charge in [0.25, 0.3) is 0 Å². The first-order chi connectivity index (χ1) is 21.3. The number of aromatic nitrogens is 2. The molecule has 3 aromatic rings. The standard InChI is InChI=1S/C33H39F3N6O3/c1-6-44-29-26(8-7-15-38-29)27-11-9-25(22-39-27)32(40-16-19-41(5)30(43)45-31(2,3)4)13-17-42(18-14-32)28-12-10-24(33(34,35)36)20-23(28)21-37/h7-12,15,20,22,40H,6,13-14,16-19H2,1-5H3. The van der Waals surface area contributed by atoms with Crippen LogP contribution in [-0.2, 0) is 16.5 Å². The van der Waals surface area contributed by atoms with Crippen molar-refractivity contribution in [3.63, 3.8) is 0 Å². The minimum Gasteiger partial charge on any atom is -0.477 e. The molecular formula is C33H39F3N6O3. The minimum atomic E-state index is -4.53. The fourth-order valence-electron chi connectivity index (χ4n) is 5.34. The van der Waals surface area contributed by atoms with Crippen molar-refractivity contribution < 1.29 is 27.4 Å². The number of pyridine rings is 2. The predicted octanol–water partition coefficient (Wildman–Crippen LogP) is 6.38. The van der Waals surface area contributed by atoms with Crippen molar-refractivity contribution in [3.8, 4) is 23.2 Å². The van der Waals surface area contributed by atoms with Crippen LogP contribution in [0.1, 0.15) is 57.2 Å². The molecule has 0 atom stereocenters. The van der Waals surface area contributed by atoms with Crippen molar-refractivity contribution in [2.75, 3.05) is 44.7 Å². The van der Waals surface area contributed by atoms with E-state index in [2.05, 4.69) is 10.3 Å². The zero-order chi connectivity index (χ0) is 32.8. The number of halogens is 3. The molecule has 0 spiro atoms. The van der Waals surface area contributed by atoms with Gasteiger partial charge in [0.05, 0.1) is 34.7 Å². The van der Waals surface area contributed by atoms with E-state index in [4.69, 9.17) is 14.5 Å². The predicted molar refractivity (Wildman–Crippen MR) is 165 cm³/mol. The second kappa shape index (κ2) is 13.7. The number of rotatable bonds is 9. The van der Waals surface area contributed by atoms with Crippen molar-refractivity contribution in [2.45, 2.75) is 57.9 Å². The number of likely N-dealkylation sites (N-methyl/N-ethyl adjacent to an activating group) is 1. The molecule has 2 aromatic heterocycles. The molecule has 0 bridgehead atoms. The Bertz CT molecular complexity index is 1510. The third kappa shape index (κ3) is 8.22. The summed E-state index contributed by atoms with van der Waals surface area (Å²) in [7, 11) is 1.68. The average Bonchev–Trinajstić information content (AvgIpc) is 3.00. The van der Waals surface area contributed by atoms with E-state index in [1.807, 2.05) is 69.1 Å². The molecule has 12 heteroatoms. The number of carbonyl (C=O) groups is 1. The first-order valence-corrected chi connectivity index (χ1v) is 14.9. The lowest BCUT2D eigenvalue weighted by Crippen LogP contribution is -2.53. The molecule has 9 nitrogen and oxygen atoms in total. The Labute approximate surface area is 262 Å². The van der Waals surface area contributed by atoms with E-state index in [0.717, 1.165) is 23.3 Å². The highest BCUT2D eigenvalue weighted by molar-refractivity contribution is 5.68. The lowest BCUT2D eigenvalue weighted by molar-refractivity contribution is -0.137. The number of hydrogen-bond acceptors (Lipinski definition) is 8. The molecule has 1 fully saturated rings. The SMILES string of the molecule is CCOc1ncccc1-c1ccc(C2(NCCN(C)C(=O)OC(C)(C)C)CCN(c3ccc(C(F)(F)F)cc3C#N)CC2)cn1. The summed E-state index contributed by atoms with van der Waals surface area (Å²) < 4.78 is 51.0. The van der Waals surface area contributed by atoms with Gasteiger partial charge in [-0.05, 0) is 82.5 Å². The molecule has 0 aliphatic carbocycles. The molecule has 240 valence electrons. The van der Waals surface area contributed by atoms with E-state index in [-0.39, 0.29) is 5.56 Å². The molecule has 1 N–H and O–H groups in total. The van der Waals surface area contributed by atoms with Gasteiger partial charge in [-0.25, -0.2) is 9.78 Å². The van der Waals surface area contributed by atoms with Crippen molar-refractivity contribution in [3.05, 3.63) is 71.5 Å². The molecule has 0 unspecified atom stereocenters.